The van der Waals surface area contributed by atoms with Crippen molar-refractivity contribution in [2.24, 2.45) is 22.5 Å². The number of hydrogen-bond donors (Lipinski definition) is 4. The monoisotopic (exact) mass is 468 g/mol. The topological polar surface area (TPSA) is 130 Å². The summed E-state index contributed by atoms with van der Waals surface area (Å²) < 4.78 is 0. The summed E-state index contributed by atoms with van der Waals surface area (Å²) in [5.41, 5.74) is 4.73. The number of rotatable bonds is 14. The van der Waals surface area contributed by atoms with Crippen LogP contribution >= 0.6 is 0 Å². The van der Waals surface area contributed by atoms with Gasteiger partial charge in [-0.3, -0.25) is 14.4 Å². The molecule has 0 aromatic carbocycles. The van der Waals surface area contributed by atoms with Gasteiger partial charge in [0.05, 0.1) is 6.04 Å². The van der Waals surface area contributed by atoms with Crippen LogP contribution < -0.4 is 21.7 Å². The van der Waals surface area contributed by atoms with Crippen LogP contribution in [0, 0.1) is 16.7 Å². The Labute approximate surface area is 200 Å². The van der Waals surface area contributed by atoms with Gasteiger partial charge in [0.25, 0.3) is 0 Å². The van der Waals surface area contributed by atoms with Gasteiger partial charge in [-0.2, -0.15) is 0 Å². The lowest BCUT2D eigenvalue weighted by atomic mass is 9.84. The molecule has 0 saturated carbocycles. The van der Waals surface area contributed by atoms with Gasteiger partial charge in [-0.1, -0.05) is 68.2 Å². The molecule has 0 aromatic rings. The first kappa shape index (κ1) is 30.9. The quantitative estimate of drug-likeness (QED) is 0.290. The third-order valence-corrected chi connectivity index (χ3v) is 5.44. The SMILES string of the molecule is CC(C)[C@H](NC(=O)CCCCCC(C)(C)C)C(=O)N[C@@H](CCCNC(N)=O)C(=O)C(C)(C)C. The van der Waals surface area contributed by atoms with E-state index in [0.717, 1.165) is 25.7 Å². The maximum Gasteiger partial charge on any atom is 0.312 e. The zero-order valence-electron chi connectivity index (χ0n) is 22.1. The Balaban J connectivity index is 4.94. The van der Waals surface area contributed by atoms with Crippen molar-refractivity contribution in [3.63, 3.8) is 0 Å². The van der Waals surface area contributed by atoms with Crippen LogP contribution in [0.2, 0.25) is 0 Å². The molecule has 0 unspecified atom stereocenters. The maximum atomic E-state index is 13.0. The van der Waals surface area contributed by atoms with Gasteiger partial charge in [0.2, 0.25) is 11.8 Å². The third kappa shape index (κ3) is 14.6. The number of carbonyl (C=O) groups excluding carboxylic acids is 4. The predicted octanol–water partition coefficient (Wildman–Crippen LogP) is 3.67. The van der Waals surface area contributed by atoms with Crippen LogP contribution in [0.5, 0.6) is 0 Å². The lowest BCUT2D eigenvalue weighted by Gasteiger charge is -2.28. The molecule has 0 spiro atoms. The Bertz CT molecular complexity index is 648. The Morgan fingerprint density at radius 1 is 0.848 bits per heavy atom. The first-order chi connectivity index (χ1) is 15.0. The van der Waals surface area contributed by atoms with Gasteiger partial charge in [-0.05, 0) is 37.0 Å². The number of hydrogen-bond acceptors (Lipinski definition) is 4. The minimum Gasteiger partial charge on any atom is -0.352 e. The van der Waals surface area contributed by atoms with Gasteiger partial charge in [0.15, 0.2) is 5.78 Å². The molecule has 0 aliphatic rings. The molecule has 8 heteroatoms. The van der Waals surface area contributed by atoms with Crippen molar-refractivity contribution in [1.82, 2.24) is 16.0 Å². The standard InChI is InChI=1S/C25H48N4O4/c1-17(2)20(29-19(30)14-10-9-11-15-24(3,4)5)22(32)28-18(21(31)25(6,7)8)13-12-16-27-23(26)33/h17-18,20H,9-16H2,1-8H3,(H,28,32)(H,29,30)(H3,26,27,33)/t18-,20-/m0/s1. The van der Waals surface area contributed by atoms with Crippen molar-refractivity contribution >= 4 is 23.6 Å². The van der Waals surface area contributed by atoms with E-state index in [2.05, 4.69) is 36.7 Å². The number of urea groups is 1. The van der Waals surface area contributed by atoms with Crippen LogP contribution in [-0.4, -0.2) is 42.3 Å². The zero-order chi connectivity index (χ0) is 25.8. The summed E-state index contributed by atoms with van der Waals surface area (Å²) >= 11 is 0. The van der Waals surface area contributed by atoms with Crippen molar-refractivity contribution in [1.29, 1.82) is 0 Å². The predicted molar refractivity (Wildman–Crippen MR) is 133 cm³/mol. The van der Waals surface area contributed by atoms with Crippen molar-refractivity contribution in [2.75, 3.05) is 6.54 Å². The minimum absolute atomic E-state index is 0.0948. The summed E-state index contributed by atoms with van der Waals surface area (Å²) in [4.78, 5) is 49.3. The van der Waals surface area contributed by atoms with Crippen LogP contribution in [0.3, 0.4) is 0 Å². The number of Topliss-reactive ketones (excluding diaryl/α,β-unsaturated/α-hetero) is 1. The summed E-state index contributed by atoms with van der Waals surface area (Å²) in [6, 6.07) is -2.05. The Morgan fingerprint density at radius 2 is 1.45 bits per heavy atom. The lowest BCUT2D eigenvalue weighted by molar-refractivity contribution is -0.135. The van der Waals surface area contributed by atoms with E-state index in [-0.39, 0.29) is 23.5 Å². The fraction of sp³-hybridized carbons (Fsp3) is 0.840. The number of ketones is 1. The van der Waals surface area contributed by atoms with E-state index in [4.69, 9.17) is 5.73 Å². The van der Waals surface area contributed by atoms with E-state index < -0.39 is 23.5 Å². The van der Waals surface area contributed by atoms with Gasteiger partial charge in [-0.15, -0.1) is 0 Å². The molecule has 2 atom stereocenters. The van der Waals surface area contributed by atoms with Crippen molar-refractivity contribution in [3.05, 3.63) is 0 Å². The fourth-order valence-corrected chi connectivity index (χ4v) is 3.47. The van der Waals surface area contributed by atoms with Crippen molar-refractivity contribution in [2.45, 2.75) is 112 Å². The molecule has 0 fully saturated rings. The highest BCUT2D eigenvalue weighted by Gasteiger charge is 2.33. The molecular formula is C25H48N4O4. The first-order valence-electron chi connectivity index (χ1n) is 12.2. The molecule has 0 saturated heterocycles. The van der Waals surface area contributed by atoms with Gasteiger partial charge in [0.1, 0.15) is 6.04 Å². The lowest BCUT2D eigenvalue weighted by Crippen LogP contribution is -2.55. The highest BCUT2D eigenvalue weighted by molar-refractivity contribution is 5.94. The van der Waals surface area contributed by atoms with E-state index in [1.54, 1.807) is 20.8 Å². The maximum absolute atomic E-state index is 13.0. The molecular weight excluding hydrogens is 420 g/mol. The second-order valence-corrected chi connectivity index (χ2v) is 11.5. The molecule has 8 nitrogen and oxygen atoms in total. The summed E-state index contributed by atoms with van der Waals surface area (Å²) in [5.74, 6) is -0.736. The molecule has 0 aliphatic carbocycles. The van der Waals surface area contributed by atoms with E-state index in [1.807, 2.05) is 13.8 Å². The van der Waals surface area contributed by atoms with E-state index in [9.17, 15) is 19.2 Å². The molecule has 33 heavy (non-hydrogen) atoms. The molecule has 5 N–H and O–H groups in total. The number of unbranched alkanes of at least 4 members (excludes halogenated alkanes) is 2. The number of amides is 4. The fourth-order valence-electron chi connectivity index (χ4n) is 3.47. The van der Waals surface area contributed by atoms with Crippen LogP contribution in [0.25, 0.3) is 0 Å². The Hall–Kier alpha value is -2.12. The highest BCUT2D eigenvalue weighted by Crippen LogP contribution is 2.22. The van der Waals surface area contributed by atoms with Gasteiger partial charge >= 0.3 is 6.03 Å². The molecule has 0 heterocycles. The van der Waals surface area contributed by atoms with Crippen molar-refractivity contribution < 1.29 is 19.2 Å². The van der Waals surface area contributed by atoms with Crippen LogP contribution in [0.15, 0.2) is 0 Å². The smallest absolute Gasteiger partial charge is 0.312 e. The second-order valence-electron chi connectivity index (χ2n) is 11.5. The van der Waals surface area contributed by atoms with E-state index >= 15 is 0 Å². The first-order valence-corrected chi connectivity index (χ1v) is 12.2. The molecule has 0 rings (SSSR count). The normalized spacial score (nSPS) is 13.8. The Kier molecular flexibility index (Phi) is 13.3. The molecule has 0 aromatic heterocycles. The second kappa shape index (κ2) is 14.2. The summed E-state index contributed by atoms with van der Waals surface area (Å²) in [7, 11) is 0. The molecule has 4 amide bonds. The number of primary amides is 1. The Morgan fingerprint density at radius 3 is 1.94 bits per heavy atom. The van der Waals surface area contributed by atoms with Crippen molar-refractivity contribution in [3.8, 4) is 0 Å². The molecule has 0 bridgehead atoms. The molecule has 0 radical (unpaired) electrons. The average molecular weight is 469 g/mol. The van der Waals surface area contributed by atoms with Gasteiger partial charge in [0, 0.05) is 18.4 Å². The number of nitrogens with one attached hydrogen (secondary N) is 3. The number of nitrogens with two attached hydrogens (primary N) is 1. The van der Waals surface area contributed by atoms with Crippen LogP contribution in [0.4, 0.5) is 4.79 Å². The van der Waals surface area contributed by atoms with Gasteiger partial charge in [-0.25, -0.2) is 4.79 Å². The van der Waals surface area contributed by atoms with Crippen LogP contribution in [0.1, 0.15) is 100 Å². The summed E-state index contributed by atoms with van der Waals surface area (Å²) in [6.07, 6.45) is 5.19. The van der Waals surface area contributed by atoms with E-state index in [0.29, 0.717) is 31.2 Å². The zero-order valence-corrected chi connectivity index (χ0v) is 22.1. The van der Waals surface area contributed by atoms with E-state index in [1.165, 1.54) is 0 Å². The van der Waals surface area contributed by atoms with Crippen LogP contribution in [-0.2, 0) is 14.4 Å². The highest BCUT2D eigenvalue weighted by atomic mass is 16.2. The van der Waals surface area contributed by atoms with Gasteiger partial charge < -0.3 is 21.7 Å². The summed E-state index contributed by atoms with van der Waals surface area (Å²) in [5, 5.41) is 8.19. The molecule has 0 aliphatic heterocycles. The largest absolute Gasteiger partial charge is 0.352 e. The molecule has 192 valence electrons. The summed E-state index contributed by atoms with van der Waals surface area (Å²) in [6.45, 7) is 16.1. The average Bonchev–Trinajstić information content (AvgIpc) is 2.65. The minimum atomic E-state index is -0.717. The number of carbonyl (C=O) groups is 4. The third-order valence-electron chi connectivity index (χ3n) is 5.44.